The number of rotatable bonds is 7. The van der Waals surface area contributed by atoms with Crippen LogP contribution in [0.15, 0.2) is 24.9 Å². The molecule has 0 saturated heterocycles. The van der Waals surface area contributed by atoms with Crippen molar-refractivity contribution in [1.82, 2.24) is 10.3 Å². The second-order valence-electron chi connectivity index (χ2n) is 4.45. The average molecular weight is 268 g/mol. The molecule has 1 heterocycles. The molecule has 4 heteroatoms. The third kappa shape index (κ3) is 4.00. The molecule has 0 aliphatic heterocycles. The summed E-state index contributed by atoms with van der Waals surface area (Å²) in [7, 11) is 0. The van der Waals surface area contributed by atoms with Crippen molar-refractivity contribution >= 4 is 17.4 Å². The van der Waals surface area contributed by atoms with Gasteiger partial charge in [-0.25, -0.2) is 4.98 Å². The van der Waals surface area contributed by atoms with Crippen LogP contribution >= 0.6 is 11.6 Å². The van der Waals surface area contributed by atoms with Crippen LogP contribution in [0.5, 0.6) is 0 Å². The van der Waals surface area contributed by atoms with Crippen LogP contribution in [0.3, 0.4) is 0 Å². The first kappa shape index (κ1) is 15.0. The van der Waals surface area contributed by atoms with Gasteiger partial charge in [-0.05, 0) is 32.0 Å². The van der Waals surface area contributed by atoms with E-state index in [0.29, 0.717) is 11.1 Å². The molecule has 0 bridgehead atoms. The fourth-order valence-electron chi connectivity index (χ4n) is 1.73. The molecule has 0 aliphatic carbocycles. The smallest absolute Gasteiger partial charge is 0.129 e. The van der Waals surface area contributed by atoms with Gasteiger partial charge in [-0.1, -0.05) is 24.6 Å². The summed E-state index contributed by atoms with van der Waals surface area (Å²) in [5, 5.41) is 3.99. The third-order valence-corrected chi connectivity index (χ3v) is 3.07. The van der Waals surface area contributed by atoms with Crippen molar-refractivity contribution in [2.24, 2.45) is 0 Å². The molecule has 1 rings (SSSR count). The molecule has 1 N–H and O–H groups in total. The second-order valence-corrected chi connectivity index (χ2v) is 4.86. The van der Waals surface area contributed by atoms with Crippen molar-refractivity contribution in [2.45, 2.75) is 33.4 Å². The highest BCUT2D eigenvalue weighted by Gasteiger charge is 2.12. The van der Waals surface area contributed by atoms with Crippen molar-refractivity contribution in [2.75, 3.05) is 18.0 Å². The van der Waals surface area contributed by atoms with Gasteiger partial charge in [0.25, 0.3) is 0 Å². The number of pyridine rings is 1. The molecule has 0 fully saturated rings. The number of aromatic nitrogens is 1. The largest absolute Gasteiger partial charge is 0.350 e. The summed E-state index contributed by atoms with van der Waals surface area (Å²) in [4.78, 5) is 6.60. The van der Waals surface area contributed by atoms with Gasteiger partial charge in [-0.2, -0.15) is 0 Å². The van der Waals surface area contributed by atoms with E-state index in [4.69, 9.17) is 11.6 Å². The molecule has 1 aromatic heterocycles. The molecule has 3 nitrogen and oxygen atoms in total. The summed E-state index contributed by atoms with van der Waals surface area (Å²) in [5.41, 5.74) is 1.08. The summed E-state index contributed by atoms with van der Waals surface area (Å²) in [5.74, 6) is 0.946. The Morgan fingerprint density at radius 3 is 2.83 bits per heavy atom. The average Bonchev–Trinajstić information content (AvgIpc) is 2.35. The fourth-order valence-corrected chi connectivity index (χ4v) is 1.90. The Hall–Kier alpha value is -1.06. The first-order valence-corrected chi connectivity index (χ1v) is 6.70. The van der Waals surface area contributed by atoms with Crippen LogP contribution in [0.2, 0.25) is 5.02 Å². The van der Waals surface area contributed by atoms with E-state index in [2.05, 4.69) is 48.6 Å². The van der Waals surface area contributed by atoms with Gasteiger partial charge in [0.1, 0.15) is 5.82 Å². The van der Waals surface area contributed by atoms with E-state index in [1.165, 1.54) is 0 Å². The Morgan fingerprint density at radius 1 is 1.56 bits per heavy atom. The van der Waals surface area contributed by atoms with E-state index in [1.807, 2.05) is 6.08 Å². The standard InChI is InChI=1S/C14H22ClN3/c1-5-7-18(11(3)4)14-8-12(9-16-6-2)13(15)10-17-14/h5,8,10-11,16H,1,6-7,9H2,2-4H3. The Bertz CT molecular complexity index is 391. The van der Waals surface area contributed by atoms with Crippen molar-refractivity contribution < 1.29 is 0 Å². The zero-order valence-corrected chi connectivity index (χ0v) is 12.2. The molecule has 0 radical (unpaired) electrons. The lowest BCUT2D eigenvalue weighted by atomic mass is 10.2. The Morgan fingerprint density at radius 2 is 2.28 bits per heavy atom. The minimum Gasteiger partial charge on any atom is -0.350 e. The van der Waals surface area contributed by atoms with Crippen molar-refractivity contribution in [3.8, 4) is 0 Å². The maximum atomic E-state index is 6.15. The topological polar surface area (TPSA) is 28.2 Å². The molecule has 0 unspecified atom stereocenters. The number of anilines is 1. The SMILES string of the molecule is C=CCN(c1cc(CNCC)c(Cl)cn1)C(C)C. The van der Waals surface area contributed by atoms with Crippen LogP contribution in [0, 0.1) is 0 Å². The van der Waals surface area contributed by atoms with Gasteiger partial charge < -0.3 is 10.2 Å². The summed E-state index contributed by atoms with van der Waals surface area (Å²) in [6, 6.07) is 2.43. The zero-order valence-electron chi connectivity index (χ0n) is 11.4. The minimum atomic E-state index is 0.378. The normalized spacial score (nSPS) is 10.7. The number of hydrogen-bond donors (Lipinski definition) is 1. The quantitative estimate of drug-likeness (QED) is 0.769. The lowest BCUT2D eigenvalue weighted by Gasteiger charge is -2.27. The van der Waals surface area contributed by atoms with E-state index >= 15 is 0 Å². The van der Waals surface area contributed by atoms with E-state index in [-0.39, 0.29) is 0 Å². The molecular weight excluding hydrogens is 246 g/mol. The highest BCUT2D eigenvalue weighted by Crippen LogP contribution is 2.21. The van der Waals surface area contributed by atoms with Gasteiger partial charge in [0.15, 0.2) is 0 Å². The number of halogens is 1. The van der Waals surface area contributed by atoms with Crippen molar-refractivity contribution in [1.29, 1.82) is 0 Å². The summed E-state index contributed by atoms with van der Waals surface area (Å²) >= 11 is 6.15. The summed E-state index contributed by atoms with van der Waals surface area (Å²) in [6.45, 7) is 12.6. The van der Waals surface area contributed by atoms with E-state index in [1.54, 1.807) is 6.20 Å². The fraction of sp³-hybridized carbons (Fsp3) is 0.500. The van der Waals surface area contributed by atoms with Crippen LogP contribution < -0.4 is 10.2 Å². The highest BCUT2D eigenvalue weighted by atomic mass is 35.5. The third-order valence-electron chi connectivity index (χ3n) is 2.73. The van der Waals surface area contributed by atoms with Gasteiger partial charge in [0, 0.05) is 25.3 Å². The van der Waals surface area contributed by atoms with Crippen molar-refractivity contribution in [3.05, 3.63) is 35.5 Å². The van der Waals surface area contributed by atoms with Gasteiger partial charge in [-0.3, -0.25) is 0 Å². The summed E-state index contributed by atoms with van der Waals surface area (Å²) in [6.07, 6.45) is 3.61. The molecule has 1 aromatic rings. The first-order chi connectivity index (χ1) is 8.60. The van der Waals surface area contributed by atoms with Crippen LogP contribution in [0.4, 0.5) is 5.82 Å². The van der Waals surface area contributed by atoms with Crippen molar-refractivity contribution in [3.63, 3.8) is 0 Å². The van der Waals surface area contributed by atoms with E-state index < -0.39 is 0 Å². The highest BCUT2D eigenvalue weighted by molar-refractivity contribution is 6.31. The molecule has 0 atom stereocenters. The molecule has 0 aromatic carbocycles. The molecule has 18 heavy (non-hydrogen) atoms. The molecular formula is C14H22ClN3. The molecule has 0 spiro atoms. The minimum absolute atomic E-state index is 0.378. The predicted molar refractivity (Wildman–Crippen MR) is 79.3 cm³/mol. The van der Waals surface area contributed by atoms with E-state index in [0.717, 1.165) is 31.0 Å². The maximum Gasteiger partial charge on any atom is 0.129 e. The monoisotopic (exact) mass is 267 g/mol. The molecule has 0 saturated carbocycles. The number of hydrogen-bond acceptors (Lipinski definition) is 3. The first-order valence-electron chi connectivity index (χ1n) is 6.32. The van der Waals surface area contributed by atoms with Crippen LogP contribution in [-0.2, 0) is 6.54 Å². The van der Waals surface area contributed by atoms with Gasteiger partial charge >= 0.3 is 0 Å². The van der Waals surface area contributed by atoms with Gasteiger partial charge in [0.2, 0.25) is 0 Å². The Balaban J connectivity index is 2.97. The lowest BCUT2D eigenvalue weighted by Crippen LogP contribution is -2.31. The number of nitrogens with one attached hydrogen (secondary N) is 1. The molecule has 0 amide bonds. The molecule has 0 aliphatic rings. The summed E-state index contributed by atoms with van der Waals surface area (Å²) < 4.78 is 0. The van der Waals surface area contributed by atoms with Crippen LogP contribution in [-0.4, -0.2) is 24.1 Å². The second kappa shape index (κ2) is 7.39. The predicted octanol–water partition coefficient (Wildman–Crippen LogP) is 3.25. The lowest BCUT2D eigenvalue weighted by molar-refractivity contribution is 0.704. The van der Waals surface area contributed by atoms with Crippen LogP contribution in [0.1, 0.15) is 26.3 Å². The maximum absolute atomic E-state index is 6.15. The zero-order chi connectivity index (χ0) is 13.5. The Labute approximate surface area is 115 Å². The Kier molecular flexibility index (Phi) is 6.16. The van der Waals surface area contributed by atoms with Gasteiger partial charge in [-0.15, -0.1) is 6.58 Å². The van der Waals surface area contributed by atoms with E-state index in [9.17, 15) is 0 Å². The number of nitrogens with zero attached hydrogens (tertiary/aromatic N) is 2. The van der Waals surface area contributed by atoms with Crippen LogP contribution in [0.25, 0.3) is 0 Å². The van der Waals surface area contributed by atoms with Gasteiger partial charge in [0.05, 0.1) is 5.02 Å². The molecule has 100 valence electrons.